The van der Waals surface area contributed by atoms with Gasteiger partial charge in [0.15, 0.2) is 0 Å². The molecule has 1 heterocycles. The van der Waals surface area contributed by atoms with Crippen LogP contribution in [0, 0.1) is 5.41 Å². The van der Waals surface area contributed by atoms with Gasteiger partial charge in [-0.2, -0.15) is 0 Å². The van der Waals surface area contributed by atoms with Gasteiger partial charge in [0.05, 0.1) is 18.6 Å². The zero-order chi connectivity index (χ0) is 16.1. The fraction of sp³-hybridized carbons (Fsp3) is 0.316. The van der Waals surface area contributed by atoms with E-state index in [4.69, 9.17) is 9.47 Å². The molecule has 3 rings (SSSR count). The second-order valence-electron chi connectivity index (χ2n) is 6.15. The highest BCUT2D eigenvalue weighted by atomic mass is 16.5. The highest BCUT2D eigenvalue weighted by molar-refractivity contribution is 5.83. The normalized spacial score (nSPS) is 15.5. The molecule has 1 aliphatic rings. The van der Waals surface area contributed by atoms with Crippen LogP contribution in [-0.4, -0.2) is 19.1 Å². The Hall–Kier alpha value is -2.33. The monoisotopic (exact) mass is 311 g/mol. The molecule has 1 saturated heterocycles. The molecule has 1 fully saturated rings. The van der Waals surface area contributed by atoms with Gasteiger partial charge in [0.2, 0.25) is 5.91 Å². The number of hydrogen-bond donors (Lipinski definition) is 1. The Morgan fingerprint density at radius 1 is 1.09 bits per heavy atom. The number of nitrogens with one attached hydrogen (secondary N) is 1. The van der Waals surface area contributed by atoms with Crippen molar-refractivity contribution < 1.29 is 14.3 Å². The fourth-order valence-corrected chi connectivity index (χ4v) is 2.38. The highest BCUT2D eigenvalue weighted by Crippen LogP contribution is 2.26. The number of amides is 1. The SMILES string of the molecule is CC1(C(=O)NCc2ccc(OCc3ccccc3)cc2)COC1. The van der Waals surface area contributed by atoms with E-state index in [9.17, 15) is 4.79 Å². The third kappa shape index (κ3) is 3.90. The summed E-state index contributed by atoms with van der Waals surface area (Å²) in [6.07, 6.45) is 0. The lowest BCUT2D eigenvalue weighted by Gasteiger charge is -2.36. The summed E-state index contributed by atoms with van der Waals surface area (Å²) in [5, 5.41) is 2.96. The van der Waals surface area contributed by atoms with Crippen LogP contribution in [0.15, 0.2) is 54.6 Å². The summed E-state index contributed by atoms with van der Waals surface area (Å²) in [7, 11) is 0. The van der Waals surface area contributed by atoms with Crippen molar-refractivity contribution in [1.29, 1.82) is 0 Å². The van der Waals surface area contributed by atoms with Crippen molar-refractivity contribution in [3.8, 4) is 5.75 Å². The van der Waals surface area contributed by atoms with Crippen molar-refractivity contribution in [3.63, 3.8) is 0 Å². The van der Waals surface area contributed by atoms with Crippen molar-refractivity contribution in [2.45, 2.75) is 20.1 Å². The summed E-state index contributed by atoms with van der Waals surface area (Å²) in [5.41, 5.74) is 1.83. The van der Waals surface area contributed by atoms with E-state index >= 15 is 0 Å². The molecule has 2 aromatic rings. The zero-order valence-corrected chi connectivity index (χ0v) is 13.2. The van der Waals surface area contributed by atoms with Gasteiger partial charge in [0.1, 0.15) is 12.4 Å². The van der Waals surface area contributed by atoms with Gasteiger partial charge in [0.25, 0.3) is 0 Å². The van der Waals surface area contributed by atoms with E-state index in [-0.39, 0.29) is 11.3 Å². The van der Waals surface area contributed by atoms with E-state index in [0.29, 0.717) is 26.4 Å². The van der Waals surface area contributed by atoms with E-state index in [1.54, 1.807) is 0 Å². The molecule has 0 saturated carbocycles. The van der Waals surface area contributed by atoms with E-state index in [2.05, 4.69) is 5.32 Å². The Morgan fingerprint density at radius 2 is 1.78 bits per heavy atom. The summed E-state index contributed by atoms with van der Waals surface area (Å²) in [5.74, 6) is 0.872. The molecule has 0 aromatic heterocycles. The third-order valence-corrected chi connectivity index (χ3v) is 4.01. The molecule has 0 atom stereocenters. The average molecular weight is 311 g/mol. The standard InChI is InChI=1S/C19H21NO3/c1-19(13-22-14-19)18(21)20-11-15-7-9-17(10-8-15)23-12-16-5-3-2-4-6-16/h2-10H,11-14H2,1H3,(H,20,21). The molecule has 1 aliphatic heterocycles. The maximum atomic E-state index is 12.0. The average Bonchev–Trinajstić information content (AvgIpc) is 2.57. The Labute approximate surface area is 136 Å². The minimum atomic E-state index is -0.362. The molecule has 4 nitrogen and oxygen atoms in total. The Kier molecular flexibility index (Phi) is 4.63. The molecule has 23 heavy (non-hydrogen) atoms. The fourth-order valence-electron chi connectivity index (χ4n) is 2.38. The zero-order valence-electron chi connectivity index (χ0n) is 13.2. The molecule has 120 valence electrons. The summed E-state index contributed by atoms with van der Waals surface area (Å²) < 4.78 is 10.9. The van der Waals surface area contributed by atoms with Crippen molar-refractivity contribution >= 4 is 5.91 Å². The van der Waals surface area contributed by atoms with Crippen LogP contribution in [0.1, 0.15) is 18.1 Å². The van der Waals surface area contributed by atoms with Crippen LogP contribution in [0.2, 0.25) is 0 Å². The predicted molar refractivity (Wildman–Crippen MR) is 88.0 cm³/mol. The van der Waals surface area contributed by atoms with Crippen LogP contribution in [-0.2, 0) is 22.7 Å². The number of benzene rings is 2. The van der Waals surface area contributed by atoms with Gasteiger partial charge < -0.3 is 14.8 Å². The quantitative estimate of drug-likeness (QED) is 0.892. The number of hydrogen-bond acceptors (Lipinski definition) is 3. The summed E-state index contributed by atoms with van der Waals surface area (Å²) in [6.45, 7) is 4.01. The van der Waals surface area contributed by atoms with Gasteiger partial charge in [-0.3, -0.25) is 4.79 Å². The van der Waals surface area contributed by atoms with Crippen molar-refractivity contribution in [2.75, 3.05) is 13.2 Å². The molecule has 0 spiro atoms. The summed E-state index contributed by atoms with van der Waals surface area (Å²) in [6, 6.07) is 17.9. The van der Waals surface area contributed by atoms with Crippen molar-refractivity contribution in [3.05, 3.63) is 65.7 Å². The summed E-state index contributed by atoms with van der Waals surface area (Å²) >= 11 is 0. The number of carbonyl (C=O) groups excluding carboxylic acids is 1. The largest absolute Gasteiger partial charge is 0.489 e. The van der Waals surface area contributed by atoms with E-state index in [0.717, 1.165) is 16.9 Å². The Morgan fingerprint density at radius 3 is 2.39 bits per heavy atom. The third-order valence-electron chi connectivity index (χ3n) is 4.01. The first-order valence-electron chi connectivity index (χ1n) is 7.77. The van der Waals surface area contributed by atoms with Crippen LogP contribution in [0.3, 0.4) is 0 Å². The van der Waals surface area contributed by atoms with Crippen LogP contribution < -0.4 is 10.1 Å². The first-order valence-corrected chi connectivity index (χ1v) is 7.77. The number of carbonyl (C=O) groups is 1. The predicted octanol–water partition coefficient (Wildman–Crippen LogP) is 2.92. The lowest BCUT2D eigenvalue weighted by Crippen LogP contribution is -2.51. The molecular formula is C19H21NO3. The lowest BCUT2D eigenvalue weighted by molar-refractivity contribution is -0.157. The van der Waals surface area contributed by atoms with Crippen LogP contribution >= 0.6 is 0 Å². The smallest absolute Gasteiger partial charge is 0.230 e. The molecule has 2 aromatic carbocycles. The Balaban J connectivity index is 1.48. The number of rotatable bonds is 6. The van der Waals surface area contributed by atoms with Crippen molar-refractivity contribution in [1.82, 2.24) is 5.32 Å². The van der Waals surface area contributed by atoms with E-state index in [1.807, 2.05) is 61.5 Å². The van der Waals surface area contributed by atoms with E-state index < -0.39 is 0 Å². The molecule has 0 aliphatic carbocycles. The first-order chi connectivity index (χ1) is 11.2. The van der Waals surface area contributed by atoms with Crippen LogP contribution in [0.25, 0.3) is 0 Å². The molecule has 0 unspecified atom stereocenters. The molecule has 0 bridgehead atoms. The molecular weight excluding hydrogens is 290 g/mol. The minimum Gasteiger partial charge on any atom is -0.489 e. The van der Waals surface area contributed by atoms with Gasteiger partial charge in [-0.05, 0) is 30.2 Å². The second kappa shape index (κ2) is 6.84. The van der Waals surface area contributed by atoms with Crippen LogP contribution in [0.4, 0.5) is 0 Å². The first kappa shape index (κ1) is 15.6. The second-order valence-corrected chi connectivity index (χ2v) is 6.15. The lowest BCUT2D eigenvalue weighted by atomic mass is 9.87. The molecule has 4 heteroatoms. The summed E-state index contributed by atoms with van der Waals surface area (Å²) in [4.78, 5) is 12.0. The maximum absolute atomic E-state index is 12.0. The molecule has 1 N–H and O–H groups in total. The highest BCUT2D eigenvalue weighted by Gasteiger charge is 2.40. The van der Waals surface area contributed by atoms with E-state index in [1.165, 1.54) is 0 Å². The maximum Gasteiger partial charge on any atom is 0.230 e. The van der Waals surface area contributed by atoms with Gasteiger partial charge in [-0.25, -0.2) is 0 Å². The van der Waals surface area contributed by atoms with Gasteiger partial charge in [0, 0.05) is 6.54 Å². The Bertz CT molecular complexity index is 648. The minimum absolute atomic E-state index is 0.0492. The van der Waals surface area contributed by atoms with Crippen LogP contribution in [0.5, 0.6) is 5.75 Å². The van der Waals surface area contributed by atoms with Gasteiger partial charge >= 0.3 is 0 Å². The van der Waals surface area contributed by atoms with Crippen molar-refractivity contribution in [2.24, 2.45) is 5.41 Å². The van der Waals surface area contributed by atoms with Gasteiger partial charge in [-0.1, -0.05) is 42.5 Å². The number of ether oxygens (including phenoxy) is 2. The topological polar surface area (TPSA) is 47.6 Å². The molecule has 0 radical (unpaired) electrons. The van der Waals surface area contributed by atoms with Gasteiger partial charge in [-0.15, -0.1) is 0 Å². The molecule has 1 amide bonds.